The molecular weight excluding hydrogens is 520 g/mol. The van der Waals surface area contributed by atoms with E-state index < -0.39 is 6.16 Å². The fourth-order valence-electron chi connectivity index (χ4n) is 5.28. The molecule has 5 rings (SSSR count). The van der Waals surface area contributed by atoms with E-state index in [0.717, 1.165) is 51.1 Å². The van der Waals surface area contributed by atoms with E-state index in [1.165, 1.54) is 21.4 Å². The normalized spacial score (nSPS) is 15.8. The van der Waals surface area contributed by atoms with E-state index in [9.17, 15) is 9.59 Å². The molecule has 0 spiro atoms. The van der Waals surface area contributed by atoms with Crippen molar-refractivity contribution >= 4 is 34.3 Å². The second-order valence-corrected chi connectivity index (χ2v) is 10.2. The summed E-state index contributed by atoms with van der Waals surface area (Å²) in [5.74, 6) is 0.788. The molecule has 0 bridgehead atoms. The molecule has 2 aliphatic rings. The van der Waals surface area contributed by atoms with E-state index in [2.05, 4.69) is 57.2 Å². The van der Waals surface area contributed by atoms with Gasteiger partial charge < -0.3 is 19.1 Å². The molecule has 2 aromatic carbocycles. The van der Waals surface area contributed by atoms with Gasteiger partial charge in [-0.2, -0.15) is 4.98 Å². The number of carbonyl (C=O) groups is 2. The summed E-state index contributed by atoms with van der Waals surface area (Å²) in [6.07, 6.45) is 5.52. The number of hydrogen-bond donors (Lipinski definition) is 0. The van der Waals surface area contributed by atoms with Crippen LogP contribution in [0, 0.1) is 0 Å². The van der Waals surface area contributed by atoms with Crippen LogP contribution in [-0.2, 0) is 20.7 Å². The SMILES string of the molecule is C/C=C/COC(=O)OCN1C(=O)CCc2ccc(OCCCCN3CCN(c4cccc5ccccc45)CC3)nc21. The molecule has 216 valence electrons. The van der Waals surface area contributed by atoms with Crippen molar-refractivity contribution < 1.29 is 23.8 Å². The van der Waals surface area contributed by atoms with Crippen LogP contribution >= 0.6 is 0 Å². The van der Waals surface area contributed by atoms with Crippen LogP contribution in [0.25, 0.3) is 10.8 Å². The predicted octanol–water partition coefficient (Wildman–Crippen LogP) is 5.18. The minimum absolute atomic E-state index is 0.122. The van der Waals surface area contributed by atoms with E-state index in [-0.39, 0.29) is 19.2 Å². The van der Waals surface area contributed by atoms with Crippen LogP contribution in [0.1, 0.15) is 31.7 Å². The Morgan fingerprint density at radius 3 is 2.63 bits per heavy atom. The lowest BCUT2D eigenvalue weighted by atomic mass is 10.1. The number of benzene rings is 2. The highest BCUT2D eigenvalue weighted by Crippen LogP contribution is 2.29. The molecule has 1 aromatic heterocycles. The second kappa shape index (κ2) is 14.0. The quantitative estimate of drug-likeness (QED) is 0.181. The highest BCUT2D eigenvalue weighted by Gasteiger charge is 2.27. The number of anilines is 2. The molecule has 1 fully saturated rings. The number of carbonyl (C=O) groups excluding carboxylic acids is 2. The molecule has 0 saturated carbocycles. The number of rotatable bonds is 11. The fraction of sp³-hybridized carbons (Fsp3) is 0.406. The molecule has 0 aliphatic carbocycles. The fourth-order valence-corrected chi connectivity index (χ4v) is 5.28. The lowest BCUT2D eigenvalue weighted by Crippen LogP contribution is -2.46. The number of fused-ring (bicyclic) bond motifs is 2. The van der Waals surface area contributed by atoms with Gasteiger partial charge in [-0.15, -0.1) is 0 Å². The van der Waals surface area contributed by atoms with E-state index in [1.807, 2.05) is 19.1 Å². The Hall–Kier alpha value is -4.11. The molecule has 0 unspecified atom stereocenters. The molecule has 3 heterocycles. The van der Waals surface area contributed by atoms with Crippen LogP contribution in [0.5, 0.6) is 5.88 Å². The first-order chi connectivity index (χ1) is 20.1. The molecule has 0 atom stereocenters. The molecule has 2 aliphatic heterocycles. The largest absolute Gasteiger partial charge is 0.510 e. The van der Waals surface area contributed by atoms with Gasteiger partial charge in [-0.25, -0.2) is 4.79 Å². The molecular formula is C32H38N4O5. The zero-order valence-electron chi connectivity index (χ0n) is 23.7. The highest BCUT2D eigenvalue weighted by molar-refractivity contribution is 5.95. The van der Waals surface area contributed by atoms with Gasteiger partial charge in [0.25, 0.3) is 0 Å². The summed E-state index contributed by atoms with van der Waals surface area (Å²) in [4.78, 5) is 35.3. The summed E-state index contributed by atoms with van der Waals surface area (Å²) in [5, 5.41) is 2.60. The second-order valence-electron chi connectivity index (χ2n) is 10.2. The van der Waals surface area contributed by atoms with E-state index in [1.54, 1.807) is 12.2 Å². The zero-order chi connectivity index (χ0) is 28.4. The maximum atomic E-state index is 12.5. The van der Waals surface area contributed by atoms with Crippen molar-refractivity contribution in [2.75, 3.05) is 62.5 Å². The van der Waals surface area contributed by atoms with Crippen molar-refractivity contribution in [2.45, 2.75) is 32.6 Å². The molecule has 9 heteroatoms. The van der Waals surface area contributed by atoms with Crippen LogP contribution in [0.3, 0.4) is 0 Å². The minimum Gasteiger partial charge on any atom is -0.478 e. The number of pyridine rings is 1. The number of aryl methyl sites for hydroxylation is 1. The third kappa shape index (κ3) is 7.35. The molecule has 0 N–H and O–H groups in total. The molecule has 9 nitrogen and oxygen atoms in total. The first-order valence-electron chi connectivity index (χ1n) is 14.4. The lowest BCUT2D eigenvalue weighted by Gasteiger charge is -2.36. The van der Waals surface area contributed by atoms with Gasteiger partial charge in [0.15, 0.2) is 6.73 Å². The van der Waals surface area contributed by atoms with Crippen molar-refractivity contribution in [3.63, 3.8) is 0 Å². The summed E-state index contributed by atoms with van der Waals surface area (Å²) in [6.45, 7) is 7.43. The number of ether oxygens (including phenoxy) is 3. The van der Waals surface area contributed by atoms with E-state index >= 15 is 0 Å². The van der Waals surface area contributed by atoms with Gasteiger partial charge in [0.2, 0.25) is 11.8 Å². The van der Waals surface area contributed by atoms with Gasteiger partial charge in [-0.05, 0) is 55.8 Å². The van der Waals surface area contributed by atoms with Crippen LogP contribution < -0.4 is 14.5 Å². The summed E-state index contributed by atoms with van der Waals surface area (Å²) < 4.78 is 16.0. The van der Waals surface area contributed by atoms with Crippen molar-refractivity contribution in [1.29, 1.82) is 0 Å². The van der Waals surface area contributed by atoms with Gasteiger partial charge in [-0.1, -0.05) is 48.6 Å². The summed E-state index contributed by atoms with van der Waals surface area (Å²) in [6, 6.07) is 18.9. The third-order valence-corrected chi connectivity index (χ3v) is 7.54. The van der Waals surface area contributed by atoms with E-state index in [4.69, 9.17) is 14.2 Å². The predicted molar refractivity (Wildman–Crippen MR) is 159 cm³/mol. The number of amides is 1. The topological polar surface area (TPSA) is 84.4 Å². The number of allylic oxidation sites excluding steroid dienone is 1. The first-order valence-corrected chi connectivity index (χ1v) is 14.4. The minimum atomic E-state index is -0.828. The maximum Gasteiger partial charge on any atom is 0.510 e. The Balaban J connectivity index is 1.05. The number of nitrogens with zero attached hydrogens (tertiary/aromatic N) is 4. The summed E-state index contributed by atoms with van der Waals surface area (Å²) in [7, 11) is 0. The maximum absolute atomic E-state index is 12.5. The van der Waals surface area contributed by atoms with Gasteiger partial charge in [0.05, 0.1) is 6.61 Å². The van der Waals surface area contributed by atoms with Gasteiger partial charge in [-0.3, -0.25) is 14.6 Å². The Morgan fingerprint density at radius 2 is 1.78 bits per heavy atom. The number of aromatic nitrogens is 1. The van der Waals surface area contributed by atoms with Gasteiger partial charge >= 0.3 is 6.16 Å². The van der Waals surface area contributed by atoms with Crippen molar-refractivity contribution in [3.8, 4) is 5.88 Å². The number of unbranched alkanes of at least 4 members (excludes halogenated alkanes) is 1. The molecule has 41 heavy (non-hydrogen) atoms. The average Bonchev–Trinajstić information content (AvgIpc) is 3.00. The smallest absolute Gasteiger partial charge is 0.478 e. The average molecular weight is 559 g/mol. The van der Waals surface area contributed by atoms with Crippen molar-refractivity contribution in [3.05, 3.63) is 72.3 Å². The Bertz CT molecular complexity index is 1360. The van der Waals surface area contributed by atoms with Crippen LogP contribution in [0.4, 0.5) is 16.3 Å². The molecule has 3 aromatic rings. The number of hydrogen-bond acceptors (Lipinski definition) is 8. The van der Waals surface area contributed by atoms with Crippen LogP contribution in [0.2, 0.25) is 0 Å². The molecule has 1 amide bonds. The van der Waals surface area contributed by atoms with Crippen molar-refractivity contribution in [2.24, 2.45) is 0 Å². The first kappa shape index (κ1) is 28.4. The van der Waals surface area contributed by atoms with Crippen molar-refractivity contribution in [1.82, 2.24) is 9.88 Å². The highest BCUT2D eigenvalue weighted by atomic mass is 16.7. The Morgan fingerprint density at radius 1 is 0.951 bits per heavy atom. The number of piperazine rings is 1. The molecule has 0 radical (unpaired) electrons. The van der Waals surface area contributed by atoms with Crippen LogP contribution in [-0.4, -0.2) is 74.6 Å². The summed E-state index contributed by atoms with van der Waals surface area (Å²) in [5.41, 5.74) is 2.25. The Kier molecular flexibility index (Phi) is 9.69. The standard InChI is InChI=1S/C32H38N4O5/c1-2-3-22-40-32(38)41-24-36-30(37)16-14-26-13-15-29(33-31(26)36)39-23-7-6-17-34-18-20-35(21-19-34)28-12-8-10-25-9-4-5-11-27(25)28/h2-5,8-13,15H,6-7,14,16-24H2,1H3/b3-2+. The Labute approximate surface area is 241 Å². The van der Waals surface area contributed by atoms with E-state index in [0.29, 0.717) is 31.1 Å². The molecule has 1 saturated heterocycles. The van der Waals surface area contributed by atoms with Gasteiger partial charge in [0.1, 0.15) is 12.4 Å². The lowest BCUT2D eigenvalue weighted by molar-refractivity contribution is -0.119. The summed E-state index contributed by atoms with van der Waals surface area (Å²) >= 11 is 0. The van der Waals surface area contributed by atoms with Crippen LogP contribution in [0.15, 0.2) is 66.7 Å². The third-order valence-electron chi connectivity index (χ3n) is 7.54. The van der Waals surface area contributed by atoms with Gasteiger partial charge in [0, 0.05) is 49.7 Å². The monoisotopic (exact) mass is 558 g/mol. The zero-order valence-corrected chi connectivity index (χ0v) is 23.7.